The molecule has 0 amide bonds. The molecule has 4 rings (SSSR count). The normalized spacial score (nSPS) is 11.4. The van der Waals surface area contributed by atoms with Crippen LogP contribution in [0, 0.1) is 0 Å². The predicted octanol–water partition coefficient (Wildman–Crippen LogP) is 13.8. The lowest BCUT2D eigenvalue weighted by atomic mass is 10.1. The molecular weight excluding hydrogens is 705 g/mol. The molecule has 0 fully saturated rings. The predicted molar refractivity (Wildman–Crippen MR) is 245 cm³/mol. The van der Waals surface area contributed by atoms with E-state index in [2.05, 4.69) is 130 Å². The fourth-order valence-electron chi connectivity index (χ4n) is 8.41. The van der Waals surface area contributed by atoms with E-state index < -0.39 is 0 Å². The molecule has 0 aliphatic carbocycles. The summed E-state index contributed by atoms with van der Waals surface area (Å²) in [6, 6.07) is 18.2. The van der Waals surface area contributed by atoms with Crippen LogP contribution in [0.1, 0.15) is 194 Å². The summed E-state index contributed by atoms with van der Waals surface area (Å²) in [6.45, 7) is 9.04. The largest absolute Gasteiger partial charge is 0.205 e. The number of nitrogens with zero attached hydrogens (tertiary/aromatic N) is 4. The van der Waals surface area contributed by atoms with Crippen LogP contribution in [0.3, 0.4) is 0 Å². The first-order valence-electron chi connectivity index (χ1n) is 24.7. The monoisotopic (exact) mass is 791 g/mol. The average Bonchev–Trinajstić information content (AvgIpc) is 3.26. The summed E-state index contributed by atoms with van der Waals surface area (Å²) in [7, 11) is 0. The summed E-state index contributed by atoms with van der Waals surface area (Å²) >= 11 is 0. The molecule has 0 unspecified atom stereocenters. The quantitative estimate of drug-likeness (QED) is 0.0326. The van der Waals surface area contributed by atoms with Crippen LogP contribution in [-0.2, 0) is 26.2 Å². The molecule has 0 atom stereocenters. The number of rotatable bonds is 35. The van der Waals surface area contributed by atoms with E-state index in [0.717, 1.165) is 26.2 Å². The Balaban J connectivity index is 0.992. The maximum atomic E-state index is 2.36. The molecule has 4 aromatic rings. The Labute approximate surface area is 357 Å². The Morgan fingerprint density at radius 2 is 0.379 bits per heavy atom. The highest BCUT2D eigenvalue weighted by Gasteiger charge is 2.09. The van der Waals surface area contributed by atoms with E-state index in [1.165, 1.54) is 202 Å². The third-order valence-electron chi connectivity index (χ3n) is 12.4. The van der Waals surface area contributed by atoms with Gasteiger partial charge in [-0.3, -0.25) is 0 Å². The highest BCUT2D eigenvalue weighted by molar-refractivity contribution is 5.61. The maximum Gasteiger partial charge on any atom is 0.169 e. The van der Waals surface area contributed by atoms with E-state index in [4.69, 9.17) is 0 Å². The zero-order valence-electron chi connectivity index (χ0n) is 37.7. The van der Waals surface area contributed by atoms with Gasteiger partial charge in [0, 0.05) is 74.2 Å². The van der Waals surface area contributed by atoms with Gasteiger partial charge in [0.05, 0.1) is 0 Å². The number of unbranched alkanes of at least 4 members (excludes halogenated alkanes) is 25. The molecule has 0 bridgehead atoms. The molecule has 58 heavy (non-hydrogen) atoms. The highest BCUT2D eigenvalue weighted by Crippen LogP contribution is 2.18. The van der Waals surface area contributed by atoms with Gasteiger partial charge in [0.2, 0.25) is 0 Å². The van der Waals surface area contributed by atoms with Crippen molar-refractivity contribution in [2.75, 3.05) is 0 Å². The van der Waals surface area contributed by atoms with Crippen molar-refractivity contribution in [1.29, 1.82) is 0 Å². The van der Waals surface area contributed by atoms with E-state index >= 15 is 0 Å². The van der Waals surface area contributed by atoms with Crippen molar-refractivity contribution >= 4 is 0 Å². The molecule has 4 nitrogen and oxygen atoms in total. The SMILES string of the molecule is CCCCCCCCCCCCCC[n+]1ccc(-c2cc[n+](CCCCCC[n+]3ccc(-c4cc[n+](CCCCCCCCCCCCCC)cc4)cc3)cc2)cc1. The molecule has 0 saturated heterocycles. The van der Waals surface area contributed by atoms with Crippen LogP contribution in [0.25, 0.3) is 22.3 Å². The second-order valence-electron chi connectivity index (χ2n) is 17.5. The number of hydrogen-bond donors (Lipinski definition) is 0. The van der Waals surface area contributed by atoms with Gasteiger partial charge in [-0.05, 0) is 47.9 Å². The van der Waals surface area contributed by atoms with Crippen LogP contribution in [-0.4, -0.2) is 0 Å². The first-order valence-corrected chi connectivity index (χ1v) is 24.7. The first kappa shape index (κ1) is 47.3. The molecule has 0 saturated carbocycles. The fourth-order valence-corrected chi connectivity index (χ4v) is 8.41. The number of pyridine rings is 4. The van der Waals surface area contributed by atoms with Crippen LogP contribution in [0.2, 0.25) is 0 Å². The van der Waals surface area contributed by atoms with Crippen LogP contribution in [0.4, 0.5) is 0 Å². The van der Waals surface area contributed by atoms with Gasteiger partial charge in [-0.25, -0.2) is 18.3 Å². The van der Waals surface area contributed by atoms with E-state index in [1.807, 2.05) is 0 Å². The van der Waals surface area contributed by atoms with Crippen molar-refractivity contribution in [3.05, 3.63) is 98.1 Å². The van der Waals surface area contributed by atoms with Gasteiger partial charge in [-0.2, -0.15) is 0 Å². The Kier molecular flexibility index (Phi) is 25.7. The van der Waals surface area contributed by atoms with Crippen molar-refractivity contribution in [2.24, 2.45) is 0 Å². The summed E-state index contributed by atoms with van der Waals surface area (Å²) in [5.41, 5.74) is 5.22. The molecule has 4 heteroatoms. The lowest BCUT2D eigenvalue weighted by molar-refractivity contribution is -0.698. The van der Waals surface area contributed by atoms with Crippen LogP contribution >= 0.6 is 0 Å². The van der Waals surface area contributed by atoms with Crippen LogP contribution in [0.5, 0.6) is 0 Å². The summed E-state index contributed by atoms with van der Waals surface area (Å²) in [4.78, 5) is 0. The van der Waals surface area contributed by atoms with Crippen molar-refractivity contribution in [3.8, 4) is 22.3 Å². The Bertz CT molecular complexity index is 1410. The van der Waals surface area contributed by atoms with Gasteiger partial charge in [-0.15, -0.1) is 0 Å². The molecule has 0 spiro atoms. The standard InChI is InChI=1S/C54H86N4/c1-3-5-7-9-11-13-15-17-19-21-23-27-39-55-43-31-51(32-44-55)53-35-47-57(48-36-53)41-29-25-26-30-42-58-49-37-54(38-50-58)52-33-45-56(46-34-52)40-28-24-22-20-18-16-14-12-10-8-6-4-2/h31-38,43-50H,3-30,39-42H2,1-2H3/q+4. The lowest BCUT2D eigenvalue weighted by Crippen LogP contribution is -2.33. The molecule has 318 valence electrons. The second kappa shape index (κ2) is 31.5. The zero-order chi connectivity index (χ0) is 40.6. The summed E-state index contributed by atoms with van der Waals surface area (Å²) in [6.07, 6.45) is 56.8. The molecule has 0 aromatic carbocycles. The van der Waals surface area contributed by atoms with Crippen molar-refractivity contribution in [2.45, 2.75) is 220 Å². The van der Waals surface area contributed by atoms with Gasteiger partial charge >= 0.3 is 0 Å². The number of aromatic nitrogens is 4. The summed E-state index contributed by atoms with van der Waals surface area (Å²) in [5, 5.41) is 0. The Morgan fingerprint density at radius 3 is 0.552 bits per heavy atom. The van der Waals surface area contributed by atoms with Gasteiger partial charge < -0.3 is 0 Å². The van der Waals surface area contributed by atoms with Crippen LogP contribution in [0.15, 0.2) is 98.1 Å². The first-order chi connectivity index (χ1) is 28.7. The minimum Gasteiger partial charge on any atom is -0.205 e. The molecular formula is C54H86N4+4. The van der Waals surface area contributed by atoms with E-state index in [9.17, 15) is 0 Å². The van der Waals surface area contributed by atoms with Gasteiger partial charge in [-0.1, -0.05) is 142 Å². The molecule has 0 radical (unpaired) electrons. The summed E-state index contributed by atoms with van der Waals surface area (Å²) in [5.74, 6) is 0. The van der Waals surface area contributed by atoms with Crippen molar-refractivity contribution in [1.82, 2.24) is 0 Å². The van der Waals surface area contributed by atoms with Gasteiger partial charge in [0.25, 0.3) is 0 Å². The number of aryl methyl sites for hydroxylation is 4. The van der Waals surface area contributed by atoms with Crippen molar-refractivity contribution in [3.63, 3.8) is 0 Å². The minimum atomic E-state index is 1.09. The fraction of sp³-hybridized carbons (Fsp3) is 0.630. The maximum absolute atomic E-state index is 2.36. The molecule has 0 N–H and O–H groups in total. The lowest BCUT2D eigenvalue weighted by Gasteiger charge is -2.04. The molecule has 0 aliphatic heterocycles. The van der Waals surface area contributed by atoms with Crippen molar-refractivity contribution < 1.29 is 18.3 Å². The third kappa shape index (κ3) is 21.0. The highest BCUT2D eigenvalue weighted by atomic mass is 14.9. The van der Waals surface area contributed by atoms with E-state index in [-0.39, 0.29) is 0 Å². The third-order valence-corrected chi connectivity index (χ3v) is 12.4. The van der Waals surface area contributed by atoms with Gasteiger partial charge in [0.15, 0.2) is 49.6 Å². The minimum absolute atomic E-state index is 1.09. The zero-order valence-corrected chi connectivity index (χ0v) is 37.7. The number of hydrogen-bond acceptors (Lipinski definition) is 0. The van der Waals surface area contributed by atoms with Crippen LogP contribution < -0.4 is 18.3 Å². The van der Waals surface area contributed by atoms with Gasteiger partial charge in [0.1, 0.15) is 26.2 Å². The molecule has 0 aliphatic rings. The second-order valence-corrected chi connectivity index (χ2v) is 17.5. The smallest absolute Gasteiger partial charge is 0.169 e. The van der Waals surface area contributed by atoms with E-state index in [1.54, 1.807) is 0 Å². The Hall–Kier alpha value is -3.40. The summed E-state index contributed by atoms with van der Waals surface area (Å²) < 4.78 is 9.40. The molecule has 4 heterocycles. The average molecular weight is 791 g/mol. The molecule has 4 aromatic heterocycles. The topological polar surface area (TPSA) is 15.5 Å². The Morgan fingerprint density at radius 1 is 0.224 bits per heavy atom. The van der Waals surface area contributed by atoms with E-state index in [0.29, 0.717) is 0 Å².